The molecule has 9 heteroatoms. The number of para-hydroxylation sites is 1. The fourth-order valence-electron chi connectivity index (χ4n) is 3.77. The lowest BCUT2D eigenvalue weighted by Crippen LogP contribution is -2.39. The quantitative estimate of drug-likeness (QED) is 0.641. The van der Waals surface area contributed by atoms with E-state index in [1.165, 1.54) is 7.11 Å². The highest BCUT2D eigenvalue weighted by Crippen LogP contribution is 2.30. The maximum Gasteiger partial charge on any atom is 0.322 e. The molecule has 0 saturated heterocycles. The van der Waals surface area contributed by atoms with E-state index in [1.54, 1.807) is 34.9 Å². The molecule has 0 atom stereocenters. The third-order valence-corrected chi connectivity index (χ3v) is 5.42. The highest BCUT2D eigenvalue weighted by molar-refractivity contribution is 6.04. The van der Waals surface area contributed by atoms with Gasteiger partial charge in [-0.25, -0.2) is 4.79 Å². The first kappa shape index (κ1) is 21.2. The largest absolute Gasteiger partial charge is 0.497 e. The summed E-state index contributed by atoms with van der Waals surface area (Å²) in [6.07, 6.45) is 0.597. The van der Waals surface area contributed by atoms with Crippen molar-refractivity contribution >= 4 is 23.3 Å². The lowest BCUT2D eigenvalue weighted by molar-refractivity contribution is 0.101. The monoisotopic (exact) mass is 435 g/mol. The van der Waals surface area contributed by atoms with Gasteiger partial charge < -0.3 is 25.0 Å². The van der Waals surface area contributed by atoms with Gasteiger partial charge in [-0.3, -0.25) is 9.48 Å². The van der Waals surface area contributed by atoms with E-state index in [0.29, 0.717) is 41.5 Å². The van der Waals surface area contributed by atoms with Crippen LogP contribution in [0.2, 0.25) is 0 Å². The summed E-state index contributed by atoms with van der Waals surface area (Å²) >= 11 is 0. The van der Waals surface area contributed by atoms with E-state index in [9.17, 15) is 9.59 Å². The van der Waals surface area contributed by atoms with Gasteiger partial charge in [-0.2, -0.15) is 5.10 Å². The minimum atomic E-state index is -0.301. The van der Waals surface area contributed by atoms with Gasteiger partial charge in [-0.15, -0.1) is 0 Å². The molecule has 0 fully saturated rings. The summed E-state index contributed by atoms with van der Waals surface area (Å²) in [5, 5.41) is 10.2. The summed E-state index contributed by atoms with van der Waals surface area (Å²) in [5.41, 5.74) is 3.22. The Kier molecular flexibility index (Phi) is 5.98. The predicted octanol–water partition coefficient (Wildman–Crippen LogP) is 3.28. The van der Waals surface area contributed by atoms with E-state index in [0.717, 1.165) is 11.3 Å². The number of carbonyl (C=O) groups is 2. The van der Waals surface area contributed by atoms with Crippen molar-refractivity contribution in [1.82, 2.24) is 14.7 Å². The summed E-state index contributed by atoms with van der Waals surface area (Å²) in [7, 11) is 4.91. The minimum absolute atomic E-state index is 0.277. The molecular weight excluding hydrogens is 410 g/mol. The van der Waals surface area contributed by atoms with E-state index in [-0.39, 0.29) is 18.5 Å². The van der Waals surface area contributed by atoms with Gasteiger partial charge >= 0.3 is 6.03 Å². The number of nitrogens with zero attached hydrogens (tertiary/aromatic N) is 3. The van der Waals surface area contributed by atoms with Crippen molar-refractivity contribution in [2.75, 3.05) is 31.4 Å². The number of ether oxygens (including phenoxy) is 2. The molecule has 2 aromatic carbocycles. The van der Waals surface area contributed by atoms with Crippen molar-refractivity contribution in [2.45, 2.75) is 13.0 Å². The molecule has 0 radical (unpaired) electrons. The number of aryl methyl sites for hydroxylation is 1. The molecule has 3 amide bonds. The molecular formula is C23H25N5O4. The molecule has 3 aromatic rings. The van der Waals surface area contributed by atoms with Crippen LogP contribution in [0.15, 0.2) is 48.5 Å². The third kappa shape index (κ3) is 4.22. The van der Waals surface area contributed by atoms with Crippen LogP contribution in [0.5, 0.6) is 11.5 Å². The number of urea groups is 1. The number of amides is 3. The van der Waals surface area contributed by atoms with Gasteiger partial charge in [0.05, 0.1) is 26.5 Å². The van der Waals surface area contributed by atoms with Gasteiger partial charge in [0.1, 0.15) is 11.5 Å². The van der Waals surface area contributed by atoms with Crippen LogP contribution in [0.3, 0.4) is 0 Å². The third-order valence-electron chi connectivity index (χ3n) is 5.42. The molecule has 0 bridgehead atoms. The topological polar surface area (TPSA) is 97.7 Å². The lowest BCUT2D eigenvalue weighted by Gasteiger charge is -2.28. The molecule has 0 saturated carbocycles. The van der Waals surface area contributed by atoms with E-state index >= 15 is 0 Å². The number of benzene rings is 2. The van der Waals surface area contributed by atoms with Crippen LogP contribution in [0, 0.1) is 0 Å². The number of rotatable bonds is 5. The molecule has 2 N–H and O–H groups in total. The van der Waals surface area contributed by atoms with E-state index in [2.05, 4.69) is 15.7 Å². The standard InChI is InChI=1S/C23H25N5O4/c1-27-19-11-12-28(23(30)25-18-13-16(31-2)9-10-20(18)32-3)14-17(19)21(26-27)22(29)24-15-7-5-4-6-8-15/h4-10,13H,11-12,14H2,1-3H3,(H,24,29)(H,25,30). The summed E-state index contributed by atoms with van der Waals surface area (Å²) in [6.45, 7) is 0.781. The number of nitrogens with one attached hydrogen (secondary N) is 2. The van der Waals surface area contributed by atoms with Gasteiger partial charge in [-0.05, 0) is 24.3 Å². The zero-order chi connectivity index (χ0) is 22.7. The number of fused-ring (bicyclic) bond motifs is 1. The molecule has 1 aromatic heterocycles. The van der Waals surface area contributed by atoms with Crippen molar-refractivity contribution in [3.63, 3.8) is 0 Å². The number of methoxy groups -OCH3 is 2. The zero-order valence-electron chi connectivity index (χ0n) is 18.2. The molecule has 4 rings (SSSR count). The molecule has 9 nitrogen and oxygen atoms in total. The molecule has 0 unspecified atom stereocenters. The minimum Gasteiger partial charge on any atom is -0.497 e. The summed E-state index contributed by atoms with van der Waals surface area (Å²) in [4.78, 5) is 27.6. The van der Waals surface area contributed by atoms with Crippen molar-refractivity contribution < 1.29 is 19.1 Å². The Labute approximate surface area is 185 Å². The van der Waals surface area contributed by atoms with Crippen molar-refractivity contribution in [1.29, 1.82) is 0 Å². The Morgan fingerprint density at radius 2 is 1.81 bits per heavy atom. The van der Waals surface area contributed by atoms with Crippen LogP contribution >= 0.6 is 0 Å². The van der Waals surface area contributed by atoms with Crippen LogP contribution in [0.4, 0.5) is 16.2 Å². The first-order valence-electron chi connectivity index (χ1n) is 10.2. The van der Waals surface area contributed by atoms with Gasteiger partial charge in [0.25, 0.3) is 5.91 Å². The molecule has 166 valence electrons. The fraction of sp³-hybridized carbons (Fsp3) is 0.261. The highest BCUT2D eigenvalue weighted by atomic mass is 16.5. The summed E-state index contributed by atoms with van der Waals surface area (Å²) < 4.78 is 12.3. The second kappa shape index (κ2) is 9.01. The Morgan fingerprint density at radius 3 is 2.53 bits per heavy atom. The average Bonchev–Trinajstić information content (AvgIpc) is 3.15. The van der Waals surface area contributed by atoms with Crippen LogP contribution in [-0.4, -0.2) is 47.4 Å². The summed E-state index contributed by atoms with van der Waals surface area (Å²) in [6, 6.07) is 14.1. The van der Waals surface area contributed by atoms with Crippen LogP contribution in [0.1, 0.15) is 21.7 Å². The SMILES string of the molecule is COc1ccc(OC)c(NC(=O)N2CCc3c(c(C(=O)Nc4ccccc4)nn3C)C2)c1. The first-order chi connectivity index (χ1) is 15.5. The van der Waals surface area contributed by atoms with Crippen molar-refractivity contribution in [3.05, 3.63) is 65.5 Å². The number of hydrogen-bond donors (Lipinski definition) is 2. The Hall–Kier alpha value is -4.01. The highest BCUT2D eigenvalue weighted by Gasteiger charge is 2.29. The van der Waals surface area contributed by atoms with Gasteiger partial charge in [0.15, 0.2) is 5.69 Å². The average molecular weight is 435 g/mol. The van der Waals surface area contributed by atoms with Crippen LogP contribution in [-0.2, 0) is 20.0 Å². The zero-order valence-corrected chi connectivity index (χ0v) is 18.2. The van der Waals surface area contributed by atoms with E-state index in [4.69, 9.17) is 9.47 Å². The first-order valence-corrected chi connectivity index (χ1v) is 10.2. The van der Waals surface area contributed by atoms with Crippen molar-refractivity contribution in [3.8, 4) is 11.5 Å². The number of anilines is 2. The maximum absolute atomic E-state index is 13.0. The molecule has 0 spiro atoms. The van der Waals surface area contributed by atoms with Gasteiger partial charge in [0, 0.05) is 43.0 Å². The molecule has 2 heterocycles. The fourth-order valence-corrected chi connectivity index (χ4v) is 3.77. The Balaban J connectivity index is 1.53. The predicted molar refractivity (Wildman–Crippen MR) is 120 cm³/mol. The van der Waals surface area contributed by atoms with Crippen molar-refractivity contribution in [2.24, 2.45) is 7.05 Å². The molecule has 1 aliphatic rings. The van der Waals surface area contributed by atoms with E-state index < -0.39 is 0 Å². The maximum atomic E-state index is 13.0. The molecule has 32 heavy (non-hydrogen) atoms. The smallest absolute Gasteiger partial charge is 0.322 e. The van der Waals surface area contributed by atoms with Gasteiger partial charge in [-0.1, -0.05) is 18.2 Å². The Morgan fingerprint density at radius 1 is 1.03 bits per heavy atom. The van der Waals surface area contributed by atoms with Crippen LogP contribution in [0.25, 0.3) is 0 Å². The summed E-state index contributed by atoms with van der Waals surface area (Å²) in [5.74, 6) is 0.833. The number of carbonyl (C=O) groups excluding carboxylic acids is 2. The van der Waals surface area contributed by atoms with Gasteiger partial charge in [0.2, 0.25) is 0 Å². The number of aromatic nitrogens is 2. The second-order valence-corrected chi connectivity index (χ2v) is 7.39. The van der Waals surface area contributed by atoms with E-state index in [1.807, 2.05) is 37.4 Å². The number of hydrogen-bond acceptors (Lipinski definition) is 5. The lowest BCUT2D eigenvalue weighted by atomic mass is 10.0. The molecule has 0 aliphatic carbocycles. The van der Waals surface area contributed by atoms with Crippen LogP contribution < -0.4 is 20.1 Å². The molecule has 1 aliphatic heterocycles. The second-order valence-electron chi connectivity index (χ2n) is 7.39. The normalized spacial score (nSPS) is 12.7. The Bertz CT molecular complexity index is 1140.